The van der Waals surface area contributed by atoms with Crippen LogP contribution < -0.4 is 0 Å². The fourth-order valence-electron chi connectivity index (χ4n) is 1.43. The Bertz CT molecular complexity index is 531. The van der Waals surface area contributed by atoms with Crippen molar-refractivity contribution in [1.82, 2.24) is 9.78 Å². The summed E-state index contributed by atoms with van der Waals surface area (Å²) in [5.74, 6) is -0.102. The summed E-state index contributed by atoms with van der Waals surface area (Å²) in [7, 11) is 1.72. The lowest BCUT2D eigenvalue weighted by atomic mass is 10.1. The van der Waals surface area contributed by atoms with Gasteiger partial charge in [-0.15, -0.1) is 0 Å². The average molecular weight is 300 g/mol. The minimum absolute atomic E-state index is 0.102. The van der Waals surface area contributed by atoms with E-state index < -0.39 is 0 Å². The maximum absolute atomic E-state index is 12.2. The summed E-state index contributed by atoms with van der Waals surface area (Å²) in [5, 5.41) is 4.55. The van der Waals surface area contributed by atoms with E-state index in [-0.39, 0.29) is 5.78 Å². The van der Waals surface area contributed by atoms with Gasteiger partial charge in [0.05, 0.1) is 10.7 Å². The number of aromatic nitrogens is 2. The maximum atomic E-state index is 12.2. The minimum Gasteiger partial charge on any atom is -0.287 e. The van der Waals surface area contributed by atoms with E-state index >= 15 is 0 Å². The summed E-state index contributed by atoms with van der Waals surface area (Å²) in [6, 6.07) is 6.85. The number of aryl methyl sites for hydroxylation is 1. The Morgan fingerprint density at radius 2 is 2.25 bits per heavy atom. The molecule has 16 heavy (non-hydrogen) atoms. The molecule has 0 aliphatic heterocycles. The fraction of sp³-hybridized carbons (Fsp3) is 0.0909. The van der Waals surface area contributed by atoms with Crippen molar-refractivity contribution in [2.24, 2.45) is 7.05 Å². The van der Waals surface area contributed by atoms with Gasteiger partial charge in [0.1, 0.15) is 5.69 Å². The monoisotopic (exact) mass is 298 g/mol. The molecular weight excluding hydrogens is 291 g/mol. The van der Waals surface area contributed by atoms with Gasteiger partial charge in [0, 0.05) is 17.6 Å². The first-order valence-electron chi connectivity index (χ1n) is 4.57. The number of ketones is 1. The summed E-state index contributed by atoms with van der Waals surface area (Å²) >= 11 is 9.14. The van der Waals surface area contributed by atoms with Crippen LogP contribution in [0.5, 0.6) is 0 Å². The van der Waals surface area contributed by atoms with E-state index in [0.717, 1.165) is 0 Å². The van der Waals surface area contributed by atoms with Crippen LogP contribution in [0.15, 0.2) is 34.9 Å². The van der Waals surface area contributed by atoms with Crippen molar-refractivity contribution in [1.29, 1.82) is 0 Å². The standard InChI is InChI=1S/C11H8BrClN2O/c1-15-10(9(12)6-14-15)11(16)7-3-2-4-8(13)5-7/h2-6H,1H3. The Morgan fingerprint density at radius 3 is 2.81 bits per heavy atom. The van der Waals surface area contributed by atoms with Crippen molar-refractivity contribution in [3.63, 3.8) is 0 Å². The number of benzene rings is 1. The summed E-state index contributed by atoms with van der Waals surface area (Å²) in [4.78, 5) is 12.2. The Morgan fingerprint density at radius 1 is 1.50 bits per heavy atom. The lowest BCUT2D eigenvalue weighted by Gasteiger charge is -2.02. The van der Waals surface area contributed by atoms with Crippen LogP contribution in [-0.2, 0) is 7.05 Å². The van der Waals surface area contributed by atoms with E-state index in [2.05, 4.69) is 21.0 Å². The first-order chi connectivity index (χ1) is 7.59. The molecule has 2 aromatic rings. The Hall–Kier alpha value is -1.13. The van der Waals surface area contributed by atoms with Crippen LogP contribution in [0.25, 0.3) is 0 Å². The summed E-state index contributed by atoms with van der Waals surface area (Å²) in [6.45, 7) is 0. The van der Waals surface area contributed by atoms with Gasteiger partial charge in [-0.05, 0) is 28.1 Å². The Kier molecular flexibility index (Phi) is 3.12. The molecule has 1 aromatic carbocycles. The number of nitrogens with zero attached hydrogens (tertiary/aromatic N) is 2. The Labute approximate surface area is 106 Å². The third-order valence-corrected chi connectivity index (χ3v) is 3.01. The van der Waals surface area contributed by atoms with E-state index in [4.69, 9.17) is 11.6 Å². The number of hydrogen-bond acceptors (Lipinski definition) is 2. The molecule has 0 unspecified atom stereocenters. The molecular formula is C11H8BrClN2O. The summed E-state index contributed by atoms with van der Waals surface area (Å²) in [6.07, 6.45) is 1.60. The molecule has 82 valence electrons. The molecule has 0 N–H and O–H groups in total. The molecule has 0 radical (unpaired) electrons. The van der Waals surface area contributed by atoms with Gasteiger partial charge in [-0.3, -0.25) is 9.48 Å². The highest BCUT2D eigenvalue weighted by atomic mass is 79.9. The van der Waals surface area contributed by atoms with Crippen molar-refractivity contribution in [2.45, 2.75) is 0 Å². The van der Waals surface area contributed by atoms with Crippen molar-refractivity contribution < 1.29 is 4.79 Å². The molecule has 0 spiro atoms. The molecule has 0 atom stereocenters. The second-order valence-corrected chi connectivity index (χ2v) is 4.59. The van der Waals surface area contributed by atoms with Crippen molar-refractivity contribution in [2.75, 3.05) is 0 Å². The summed E-state index contributed by atoms with van der Waals surface area (Å²) in [5.41, 5.74) is 1.07. The molecule has 3 nitrogen and oxygen atoms in total. The molecule has 0 fully saturated rings. The van der Waals surface area contributed by atoms with Crippen LogP contribution in [0.4, 0.5) is 0 Å². The largest absolute Gasteiger partial charge is 0.287 e. The number of carbonyl (C=O) groups is 1. The lowest BCUT2D eigenvalue weighted by molar-refractivity contribution is 0.102. The number of rotatable bonds is 2. The van der Waals surface area contributed by atoms with Gasteiger partial charge >= 0.3 is 0 Å². The second-order valence-electron chi connectivity index (χ2n) is 3.30. The van der Waals surface area contributed by atoms with Gasteiger partial charge in [0.2, 0.25) is 5.78 Å². The smallest absolute Gasteiger partial charge is 0.212 e. The quantitative estimate of drug-likeness (QED) is 0.799. The fourth-order valence-corrected chi connectivity index (χ4v) is 2.15. The number of carbonyl (C=O) groups excluding carboxylic acids is 1. The molecule has 0 aliphatic rings. The van der Waals surface area contributed by atoms with E-state index in [1.54, 1.807) is 37.5 Å². The van der Waals surface area contributed by atoms with Gasteiger partial charge in [0.15, 0.2) is 0 Å². The molecule has 0 amide bonds. The van der Waals surface area contributed by atoms with Crippen LogP contribution in [0, 0.1) is 0 Å². The molecule has 0 saturated carbocycles. The topological polar surface area (TPSA) is 34.9 Å². The average Bonchev–Trinajstić information content (AvgIpc) is 2.58. The zero-order chi connectivity index (χ0) is 11.7. The lowest BCUT2D eigenvalue weighted by Crippen LogP contribution is -2.08. The summed E-state index contributed by atoms with van der Waals surface area (Å²) < 4.78 is 2.22. The molecule has 0 bridgehead atoms. The highest BCUT2D eigenvalue weighted by molar-refractivity contribution is 9.10. The third kappa shape index (κ3) is 2.03. The van der Waals surface area contributed by atoms with E-state index in [9.17, 15) is 4.79 Å². The van der Waals surface area contributed by atoms with E-state index in [0.29, 0.717) is 20.8 Å². The number of hydrogen-bond donors (Lipinski definition) is 0. The molecule has 0 saturated heterocycles. The van der Waals surface area contributed by atoms with Crippen LogP contribution >= 0.6 is 27.5 Å². The maximum Gasteiger partial charge on any atom is 0.212 e. The van der Waals surface area contributed by atoms with Gasteiger partial charge in [-0.1, -0.05) is 23.7 Å². The highest BCUT2D eigenvalue weighted by Crippen LogP contribution is 2.20. The molecule has 0 aliphatic carbocycles. The highest BCUT2D eigenvalue weighted by Gasteiger charge is 2.17. The van der Waals surface area contributed by atoms with Gasteiger partial charge in [-0.25, -0.2) is 0 Å². The van der Waals surface area contributed by atoms with Gasteiger partial charge in [0.25, 0.3) is 0 Å². The van der Waals surface area contributed by atoms with E-state index in [1.807, 2.05) is 0 Å². The molecule has 2 rings (SSSR count). The number of halogens is 2. The van der Waals surface area contributed by atoms with Crippen LogP contribution in [0.1, 0.15) is 16.1 Å². The predicted molar refractivity (Wildman–Crippen MR) is 65.8 cm³/mol. The second kappa shape index (κ2) is 4.39. The van der Waals surface area contributed by atoms with E-state index in [1.165, 1.54) is 4.68 Å². The van der Waals surface area contributed by atoms with Crippen LogP contribution in [0.3, 0.4) is 0 Å². The molecule has 5 heteroatoms. The normalized spacial score (nSPS) is 10.4. The first-order valence-corrected chi connectivity index (χ1v) is 5.74. The van der Waals surface area contributed by atoms with Crippen molar-refractivity contribution in [3.05, 3.63) is 51.2 Å². The first kappa shape index (κ1) is 11.4. The molecule has 1 aromatic heterocycles. The van der Waals surface area contributed by atoms with Gasteiger partial charge < -0.3 is 0 Å². The van der Waals surface area contributed by atoms with Gasteiger partial charge in [-0.2, -0.15) is 5.10 Å². The van der Waals surface area contributed by atoms with Crippen LogP contribution in [-0.4, -0.2) is 15.6 Å². The predicted octanol–water partition coefficient (Wildman–Crippen LogP) is 3.07. The molecule has 1 heterocycles. The Balaban J connectivity index is 2.47. The minimum atomic E-state index is -0.102. The van der Waals surface area contributed by atoms with Crippen LogP contribution in [0.2, 0.25) is 5.02 Å². The van der Waals surface area contributed by atoms with Crippen molar-refractivity contribution in [3.8, 4) is 0 Å². The third-order valence-electron chi connectivity index (χ3n) is 2.20. The van der Waals surface area contributed by atoms with Crippen molar-refractivity contribution >= 4 is 33.3 Å². The SMILES string of the molecule is Cn1ncc(Br)c1C(=O)c1cccc(Cl)c1. The zero-order valence-corrected chi connectivity index (χ0v) is 10.8. The zero-order valence-electron chi connectivity index (χ0n) is 8.45.